The summed E-state index contributed by atoms with van der Waals surface area (Å²) in [5, 5.41) is 0. The fraction of sp³-hybridized carbons (Fsp3) is 1.00. The van der Waals surface area contributed by atoms with Crippen LogP contribution in [0, 0.1) is 0 Å². The maximum Gasteiger partial charge on any atom is 0.136 e. The van der Waals surface area contributed by atoms with Crippen molar-refractivity contribution < 1.29 is 4.48 Å². The lowest BCUT2D eigenvalue weighted by Crippen LogP contribution is -2.48. The minimum absolute atomic E-state index is 0.352. The van der Waals surface area contributed by atoms with Gasteiger partial charge in [0.2, 0.25) is 0 Å². The standard InChI is InChI=1S/C13H27N2/c1-5-12-10-15(8-6-7-9-15)11-14(12)13(2,3)4/h12H,5-11H2,1-4H3/q+1. The van der Waals surface area contributed by atoms with Crippen molar-refractivity contribution in [1.82, 2.24) is 4.90 Å². The molecule has 15 heavy (non-hydrogen) atoms. The molecule has 1 unspecified atom stereocenters. The van der Waals surface area contributed by atoms with E-state index in [2.05, 4.69) is 32.6 Å². The Bertz CT molecular complexity index is 223. The molecule has 88 valence electrons. The summed E-state index contributed by atoms with van der Waals surface area (Å²) in [6, 6.07) is 0.822. The Morgan fingerprint density at radius 2 is 1.80 bits per heavy atom. The van der Waals surface area contributed by atoms with Gasteiger partial charge in [-0.15, -0.1) is 0 Å². The van der Waals surface area contributed by atoms with Crippen LogP contribution in [0.2, 0.25) is 0 Å². The van der Waals surface area contributed by atoms with Crippen LogP contribution >= 0.6 is 0 Å². The zero-order valence-corrected chi connectivity index (χ0v) is 10.9. The molecule has 0 aromatic carbocycles. The summed E-state index contributed by atoms with van der Waals surface area (Å²) < 4.78 is 1.40. The number of hydrogen-bond acceptors (Lipinski definition) is 1. The maximum absolute atomic E-state index is 2.75. The smallest absolute Gasteiger partial charge is 0.136 e. The molecular formula is C13H27N2+. The number of quaternary nitrogens is 1. The predicted molar refractivity (Wildman–Crippen MR) is 64.6 cm³/mol. The lowest BCUT2D eigenvalue weighted by molar-refractivity contribution is -0.910. The number of rotatable bonds is 1. The van der Waals surface area contributed by atoms with Crippen LogP contribution in [0.5, 0.6) is 0 Å². The number of nitrogens with zero attached hydrogens (tertiary/aromatic N) is 2. The van der Waals surface area contributed by atoms with Gasteiger partial charge in [-0.05, 0) is 27.2 Å². The van der Waals surface area contributed by atoms with Crippen LogP contribution in [0.25, 0.3) is 0 Å². The van der Waals surface area contributed by atoms with Gasteiger partial charge in [-0.25, -0.2) is 4.90 Å². The van der Waals surface area contributed by atoms with Crippen molar-refractivity contribution >= 4 is 0 Å². The van der Waals surface area contributed by atoms with Gasteiger partial charge in [-0.2, -0.15) is 0 Å². The minimum atomic E-state index is 0.352. The van der Waals surface area contributed by atoms with E-state index in [0.29, 0.717) is 5.54 Å². The molecule has 0 radical (unpaired) electrons. The van der Waals surface area contributed by atoms with Gasteiger partial charge in [0.15, 0.2) is 0 Å². The van der Waals surface area contributed by atoms with Gasteiger partial charge in [-0.3, -0.25) is 0 Å². The fourth-order valence-corrected chi connectivity index (χ4v) is 3.48. The van der Waals surface area contributed by atoms with E-state index in [1.807, 2.05) is 0 Å². The molecule has 1 spiro atoms. The highest BCUT2D eigenvalue weighted by atomic mass is 15.5. The van der Waals surface area contributed by atoms with E-state index < -0.39 is 0 Å². The minimum Gasteiger partial charge on any atom is -0.310 e. The van der Waals surface area contributed by atoms with E-state index in [0.717, 1.165) is 6.04 Å². The Kier molecular flexibility index (Phi) is 2.85. The first kappa shape index (κ1) is 11.4. The predicted octanol–water partition coefficient (Wildman–Crippen LogP) is 2.45. The van der Waals surface area contributed by atoms with E-state index in [1.165, 1.54) is 50.0 Å². The van der Waals surface area contributed by atoms with Crippen molar-refractivity contribution in [3.05, 3.63) is 0 Å². The van der Waals surface area contributed by atoms with E-state index >= 15 is 0 Å². The first-order valence-corrected chi connectivity index (χ1v) is 6.59. The van der Waals surface area contributed by atoms with E-state index in [4.69, 9.17) is 0 Å². The Labute approximate surface area is 94.8 Å². The summed E-state index contributed by atoms with van der Waals surface area (Å²) in [6.07, 6.45) is 4.22. The maximum atomic E-state index is 2.75. The van der Waals surface area contributed by atoms with Gasteiger partial charge >= 0.3 is 0 Å². The molecule has 2 nitrogen and oxygen atoms in total. The van der Waals surface area contributed by atoms with Crippen LogP contribution in [0.15, 0.2) is 0 Å². The summed E-state index contributed by atoms with van der Waals surface area (Å²) in [7, 11) is 0. The third kappa shape index (κ3) is 2.07. The molecule has 0 aromatic rings. The zero-order chi connectivity index (χ0) is 11.1. The molecule has 0 aliphatic carbocycles. The Hall–Kier alpha value is -0.0800. The molecule has 0 bridgehead atoms. The third-order valence-corrected chi connectivity index (χ3v) is 4.34. The molecule has 0 aromatic heterocycles. The van der Waals surface area contributed by atoms with Gasteiger partial charge in [0.1, 0.15) is 6.67 Å². The molecule has 0 amide bonds. The van der Waals surface area contributed by atoms with E-state index in [9.17, 15) is 0 Å². The first-order valence-electron chi connectivity index (χ1n) is 6.59. The average molecular weight is 211 g/mol. The van der Waals surface area contributed by atoms with Crippen LogP contribution in [-0.2, 0) is 0 Å². The van der Waals surface area contributed by atoms with Crippen molar-refractivity contribution in [3.63, 3.8) is 0 Å². The average Bonchev–Trinajstić information content (AvgIpc) is 2.73. The lowest BCUT2D eigenvalue weighted by Gasteiger charge is -2.35. The Morgan fingerprint density at radius 1 is 1.20 bits per heavy atom. The van der Waals surface area contributed by atoms with Gasteiger partial charge in [-0.1, -0.05) is 6.92 Å². The molecule has 0 saturated carbocycles. The first-order chi connectivity index (χ1) is 6.97. The largest absolute Gasteiger partial charge is 0.310 e. The quantitative estimate of drug-likeness (QED) is 0.602. The van der Waals surface area contributed by atoms with Crippen LogP contribution < -0.4 is 0 Å². The van der Waals surface area contributed by atoms with E-state index in [-0.39, 0.29) is 0 Å². The molecule has 2 fully saturated rings. The summed E-state index contributed by atoms with van der Waals surface area (Å²) >= 11 is 0. The van der Waals surface area contributed by atoms with Crippen LogP contribution in [0.4, 0.5) is 0 Å². The topological polar surface area (TPSA) is 3.24 Å². The molecule has 2 saturated heterocycles. The number of hydrogen-bond donors (Lipinski definition) is 0. The van der Waals surface area contributed by atoms with Gasteiger partial charge in [0, 0.05) is 18.4 Å². The molecule has 2 aliphatic rings. The van der Waals surface area contributed by atoms with E-state index in [1.54, 1.807) is 0 Å². The van der Waals surface area contributed by atoms with Gasteiger partial charge in [0.05, 0.1) is 25.7 Å². The highest BCUT2D eigenvalue weighted by Gasteiger charge is 2.47. The Balaban J connectivity index is 2.13. The van der Waals surface area contributed by atoms with Crippen molar-refractivity contribution in [3.8, 4) is 0 Å². The molecule has 2 heterocycles. The molecule has 2 rings (SSSR count). The highest BCUT2D eigenvalue weighted by Crippen LogP contribution is 2.33. The molecular weight excluding hydrogens is 184 g/mol. The highest BCUT2D eigenvalue weighted by molar-refractivity contribution is 4.85. The summed E-state index contributed by atoms with van der Waals surface area (Å²) in [5.74, 6) is 0. The normalized spacial score (nSPS) is 31.6. The molecule has 2 heteroatoms. The second kappa shape index (κ2) is 3.74. The SMILES string of the molecule is CCC1C[N+]2(CCCC2)CN1C(C)(C)C. The van der Waals surface area contributed by atoms with Crippen molar-refractivity contribution in [1.29, 1.82) is 0 Å². The summed E-state index contributed by atoms with van der Waals surface area (Å²) in [6.45, 7) is 15.0. The Morgan fingerprint density at radius 3 is 2.20 bits per heavy atom. The molecule has 0 N–H and O–H groups in total. The van der Waals surface area contributed by atoms with Crippen LogP contribution in [0.3, 0.4) is 0 Å². The van der Waals surface area contributed by atoms with Gasteiger partial charge in [0.25, 0.3) is 0 Å². The summed E-state index contributed by atoms with van der Waals surface area (Å²) in [5.41, 5.74) is 0.352. The summed E-state index contributed by atoms with van der Waals surface area (Å²) in [4.78, 5) is 2.75. The molecule has 2 aliphatic heterocycles. The zero-order valence-electron chi connectivity index (χ0n) is 10.9. The van der Waals surface area contributed by atoms with Crippen LogP contribution in [0.1, 0.15) is 47.0 Å². The van der Waals surface area contributed by atoms with Crippen molar-refractivity contribution in [2.24, 2.45) is 0 Å². The second-order valence-corrected chi connectivity index (χ2v) is 6.52. The second-order valence-electron chi connectivity index (χ2n) is 6.52. The van der Waals surface area contributed by atoms with Crippen molar-refractivity contribution in [2.45, 2.75) is 58.5 Å². The van der Waals surface area contributed by atoms with Gasteiger partial charge < -0.3 is 4.48 Å². The lowest BCUT2D eigenvalue weighted by atomic mass is 10.0. The third-order valence-electron chi connectivity index (χ3n) is 4.34. The van der Waals surface area contributed by atoms with Crippen molar-refractivity contribution in [2.75, 3.05) is 26.3 Å². The fourth-order valence-electron chi connectivity index (χ4n) is 3.48. The van der Waals surface area contributed by atoms with Crippen LogP contribution in [-0.4, -0.2) is 47.3 Å². The monoisotopic (exact) mass is 211 g/mol. The molecule has 1 atom stereocenters.